The van der Waals surface area contributed by atoms with Gasteiger partial charge in [0.1, 0.15) is 12.4 Å². The summed E-state index contributed by atoms with van der Waals surface area (Å²) in [5.41, 5.74) is 0.740. The van der Waals surface area contributed by atoms with E-state index in [-0.39, 0.29) is 23.2 Å². The Bertz CT molecular complexity index is 779. The first-order valence-electron chi connectivity index (χ1n) is 7.56. The monoisotopic (exact) mass is 381 g/mol. The van der Waals surface area contributed by atoms with Crippen molar-refractivity contribution in [2.45, 2.75) is 26.3 Å². The van der Waals surface area contributed by atoms with Crippen molar-refractivity contribution in [3.63, 3.8) is 0 Å². The standard InChI is InChI=1S/C17H17Cl2N3O3/c1-10(2)16-20-7-13(19)15(21-16)17(25)22(9-14(23)24)8-11-3-5-12(18)6-4-11/h3-7,10H,8-9H2,1-2H3,(H,23,24). The number of carboxylic acid groups (broad SMARTS) is 1. The first-order valence-corrected chi connectivity index (χ1v) is 8.31. The molecule has 2 rings (SSSR count). The Morgan fingerprint density at radius 2 is 1.84 bits per heavy atom. The Morgan fingerprint density at radius 3 is 2.40 bits per heavy atom. The fraction of sp³-hybridized carbons (Fsp3) is 0.294. The topological polar surface area (TPSA) is 83.4 Å². The maximum atomic E-state index is 12.8. The predicted octanol–water partition coefficient (Wildman–Crippen LogP) is 3.63. The number of hydrogen-bond acceptors (Lipinski definition) is 4. The molecule has 0 saturated heterocycles. The second-order valence-corrected chi connectivity index (χ2v) is 6.60. The molecule has 0 aliphatic rings. The van der Waals surface area contributed by atoms with Gasteiger partial charge in [0.25, 0.3) is 5.91 Å². The van der Waals surface area contributed by atoms with Crippen LogP contribution >= 0.6 is 23.2 Å². The summed E-state index contributed by atoms with van der Waals surface area (Å²) in [6.45, 7) is 3.40. The van der Waals surface area contributed by atoms with E-state index in [2.05, 4.69) is 9.97 Å². The number of carboxylic acids is 1. The van der Waals surface area contributed by atoms with Gasteiger partial charge in [-0.3, -0.25) is 9.59 Å². The molecule has 0 bridgehead atoms. The number of benzene rings is 1. The van der Waals surface area contributed by atoms with Crippen molar-refractivity contribution < 1.29 is 14.7 Å². The molecule has 1 heterocycles. The first kappa shape index (κ1) is 19.1. The van der Waals surface area contributed by atoms with Crippen LogP contribution in [-0.2, 0) is 11.3 Å². The number of hydrogen-bond donors (Lipinski definition) is 1. The zero-order valence-corrected chi connectivity index (χ0v) is 15.3. The van der Waals surface area contributed by atoms with E-state index in [0.29, 0.717) is 10.8 Å². The quantitative estimate of drug-likeness (QED) is 0.825. The van der Waals surface area contributed by atoms with Crippen molar-refractivity contribution in [1.29, 1.82) is 0 Å². The van der Waals surface area contributed by atoms with Crippen molar-refractivity contribution in [2.24, 2.45) is 0 Å². The summed E-state index contributed by atoms with van der Waals surface area (Å²) in [4.78, 5) is 33.4. The lowest BCUT2D eigenvalue weighted by atomic mass is 10.2. The third-order valence-corrected chi connectivity index (χ3v) is 3.91. The van der Waals surface area contributed by atoms with Gasteiger partial charge in [-0.15, -0.1) is 0 Å². The van der Waals surface area contributed by atoms with E-state index in [1.54, 1.807) is 24.3 Å². The Morgan fingerprint density at radius 1 is 1.20 bits per heavy atom. The number of halogens is 2. The Balaban J connectivity index is 2.33. The molecule has 0 unspecified atom stereocenters. The third-order valence-electron chi connectivity index (χ3n) is 3.38. The van der Waals surface area contributed by atoms with E-state index >= 15 is 0 Å². The Hall–Kier alpha value is -2.18. The van der Waals surface area contributed by atoms with Crippen LogP contribution in [0.1, 0.15) is 41.6 Å². The fourth-order valence-corrected chi connectivity index (χ4v) is 2.43. The molecule has 2 aromatic rings. The van der Waals surface area contributed by atoms with E-state index in [9.17, 15) is 9.59 Å². The second kappa shape index (κ2) is 8.27. The maximum absolute atomic E-state index is 12.8. The highest BCUT2D eigenvalue weighted by atomic mass is 35.5. The number of aliphatic carboxylic acids is 1. The van der Waals surface area contributed by atoms with Crippen LogP contribution in [-0.4, -0.2) is 38.4 Å². The van der Waals surface area contributed by atoms with Crippen LogP contribution in [0.15, 0.2) is 30.5 Å². The van der Waals surface area contributed by atoms with Crippen LogP contribution < -0.4 is 0 Å². The summed E-state index contributed by atoms with van der Waals surface area (Å²) >= 11 is 11.9. The second-order valence-electron chi connectivity index (χ2n) is 5.76. The molecule has 1 aromatic carbocycles. The van der Waals surface area contributed by atoms with Gasteiger partial charge in [-0.1, -0.05) is 49.2 Å². The molecule has 25 heavy (non-hydrogen) atoms. The van der Waals surface area contributed by atoms with Gasteiger partial charge in [0.2, 0.25) is 0 Å². The number of aromatic nitrogens is 2. The van der Waals surface area contributed by atoms with Gasteiger partial charge in [-0.25, -0.2) is 9.97 Å². The Labute approximate surface area is 155 Å². The molecule has 1 amide bonds. The van der Waals surface area contributed by atoms with Gasteiger partial charge in [0, 0.05) is 17.5 Å². The lowest BCUT2D eigenvalue weighted by molar-refractivity contribution is -0.137. The van der Waals surface area contributed by atoms with Gasteiger partial charge in [-0.05, 0) is 17.7 Å². The first-order chi connectivity index (χ1) is 11.8. The van der Waals surface area contributed by atoms with Crippen molar-refractivity contribution in [1.82, 2.24) is 14.9 Å². The highest BCUT2D eigenvalue weighted by Crippen LogP contribution is 2.19. The molecule has 1 aromatic heterocycles. The summed E-state index contributed by atoms with van der Waals surface area (Å²) in [5, 5.41) is 9.77. The maximum Gasteiger partial charge on any atom is 0.323 e. The van der Waals surface area contributed by atoms with E-state index in [4.69, 9.17) is 28.3 Å². The largest absolute Gasteiger partial charge is 0.480 e. The number of carbonyl (C=O) groups excluding carboxylic acids is 1. The number of carbonyl (C=O) groups is 2. The molecule has 0 spiro atoms. The van der Waals surface area contributed by atoms with Crippen LogP contribution in [0, 0.1) is 0 Å². The average molecular weight is 382 g/mol. The summed E-state index contributed by atoms with van der Waals surface area (Å²) in [6, 6.07) is 6.81. The zero-order chi connectivity index (χ0) is 18.6. The minimum absolute atomic E-state index is 0.00409. The van der Waals surface area contributed by atoms with E-state index in [1.807, 2.05) is 13.8 Å². The zero-order valence-electron chi connectivity index (χ0n) is 13.7. The smallest absolute Gasteiger partial charge is 0.323 e. The van der Waals surface area contributed by atoms with Crippen molar-refractivity contribution in [3.05, 3.63) is 57.6 Å². The third kappa shape index (κ3) is 5.14. The van der Waals surface area contributed by atoms with Gasteiger partial charge < -0.3 is 10.0 Å². The highest BCUT2D eigenvalue weighted by molar-refractivity contribution is 6.33. The molecule has 0 aliphatic heterocycles. The van der Waals surface area contributed by atoms with Crippen LogP contribution in [0.4, 0.5) is 0 Å². The van der Waals surface area contributed by atoms with Crippen LogP contribution in [0.2, 0.25) is 10.0 Å². The van der Waals surface area contributed by atoms with Gasteiger partial charge in [0.15, 0.2) is 5.69 Å². The molecule has 0 atom stereocenters. The normalized spacial score (nSPS) is 10.8. The molecule has 8 heteroatoms. The highest BCUT2D eigenvalue weighted by Gasteiger charge is 2.23. The van der Waals surface area contributed by atoms with E-state index < -0.39 is 18.4 Å². The van der Waals surface area contributed by atoms with Gasteiger partial charge in [0.05, 0.1) is 11.2 Å². The van der Waals surface area contributed by atoms with E-state index in [1.165, 1.54) is 11.1 Å². The summed E-state index contributed by atoms with van der Waals surface area (Å²) in [6.07, 6.45) is 1.36. The predicted molar refractivity (Wildman–Crippen MR) is 95.0 cm³/mol. The molecular formula is C17H17Cl2N3O3. The minimum Gasteiger partial charge on any atom is -0.480 e. The fourth-order valence-electron chi connectivity index (χ4n) is 2.13. The van der Waals surface area contributed by atoms with Gasteiger partial charge in [-0.2, -0.15) is 0 Å². The molecular weight excluding hydrogens is 365 g/mol. The molecule has 0 aliphatic carbocycles. The van der Waals surface area contributed by atoms with Crippen molar-refractivity contribution >= 4 is 35.1 Å². The van der Waals surface area contributed by atoms with E-state index in [0.717, 1.165) is 5.56 Å². The van der Waals surface area contributed by atoms with Crippen molar-refractivity contribution in [2.75, 3.05) is 6.54 Å². The number of rotatable bonds is 6. The van der Waals surface area contributed by atoms with Crippen LogP contribution in [0.25, 0.3) is 0 Å². The lowest BCUT2D eigenvalue weighted by Crippen LogP contribution is -2.36. The lowest BCUT2D eigenvalue weighted by Gasteiger charge is -2.21. The number of amides is 1. The minimum atomic E-state index is -1.13. The SMILES string of the molecule is CC(C)c1ncc(Cl)c(C(=O)N(CC(=O)O)Cc2ccc(Cl)cc2)n1. The molecule has 132 valence electrons. The molecule has 0 fully saturated rings. The summed E-state index contributed by atoms with van der Waals surface area (Å²) in [5.74, 6) is -1.22. The number of nitrogens with zero attached hydrogens (tertiary/aromatic N) is 3. The molecule has 0 saturated carbocycles. The van der Waals surface area contributed by atoms with Crippen LogP contribution in [0.5, 0.6) is 0 Å². The molecule has 6 nitrogen and oxygen atoms in total. The van der Waals surface area contributed by atoms with Crippen LogP contribution in [0.3, 0.4) is 0 Å². The summed E-state index contributed by atoms with van der Waals surface area (Å²) < 4.78 is 0. The molecule has 1 N–H and O–H groups in total. The summed E-state index contributed by atoms with van der Waals surface area (Å²) in [7, 11) is 0. The van der Waals surface area contributed by atoms with Crippen molar-refractivity contribution in [3.8, 4) is 0 Å². The molecule has 0 radical (unpaired) electrons. The Kier molecular flexibility index (Phi) is 6.33. The van der Waals surface area contributed by atoms with Gasteiger partial charge >= 0.3 is 5.97 Å². The average Bonchev–Trinajstić information content (AvgIpc) is 2.55.